The molecule has 0 saturated carbocycles. The van der Waals surface area contributed by atoms with Gasteiger partial charge in [0, 0.05) is 12.4 Å². The van der Waals surface area contributed by atoms with Gasteiger partial charge in [0.2, 0.25) is 0 Å². The number of fused-ring (bicyclic) bond motifs is 1. The van der Waals surface area contributed by atoms with Gasteiger partial charge in [0.1, 0.15) is 5.52 Å². The fourth-order valence-corrected chi connectivity index (χ4v) is 2.53. The number of oxazole rings is 1. The Balaban J connectivity index is 2.06. The van der Waals surface area contributed by atoms with Gasteiger partial charge in [-0.25, -0.2) is 4.98 Å². The van der Waals surface area contributed by atoms with Crippen LogP contribution in [0.15, 0.2) is 16.5 Å². The Morgan fingerprint density at radius 3 is 2.30 bits per heavy atom. The molecule has 0 unspecified atom stereocenters. The molecule has 2 aromatic rings. The number of aryl methyl sites for hydroxylation is 1. The Morgan fingerprint density at radius 2 is 1.70 bits per heavy atom. The molecule has 0 aliphatic carbocycles. The van der Waals surface area contributed by atoms with Crippen molar-refractivity contribution in [3.63, 3.8) is 0 Å². The first-order valence-corrected chi connectivity index (χ1v) is 7.00. The van der Waals surface area contributed by atoms with E-state index in [0.29, 0.717) is 16.5 Å². The van der Waals surface area contributed by atoms with Crippen molar-refractivity contribution in [2.75, 3.05) is 0 Å². The molecule has 0 radical (unpaired) electrons. The molecule has 0 N–H and O–H groups in total. The van der Waals surface area contributed by atoms with Gasteiger partial charge in [0.15, 0.2) is 11.5 Å². The maximum absolute atomic E-state index is 6.43. The lowest BCUT2D eigenvalue weighted by molar-refractivity contribution is 0.00578. The summed E-state index contributed by atoms with van der Waals surface area (Å²) in [4.78, 5) is 4.27. The number of benzene rings is 1. The Labute approximate surface area is 123 Å². The van der Waals surface area contributed by atoms with Crippen LogP contribution in [0.2, 0.25) is 5.02 Å². The summed E-state index contributed by atoms with van der Waals surface area (Å²) in [5.74, 6) is 0.591. The van der Waals surface area contributed by atoms with E-state index in [1.807, 2.05) is 39.8 Å². The maximum atomic E-state index is 6.43. The Morgan fingerprint density at radius 1 is 1.10 bits per heavy atom. The molecule has 1 saturated heterocycles. The third-order valence-electron chi connectivity index (χ3n) is 4.14. The zero-order valence-corrected chi connectivity index (χ0v) is 13.0. The van der Waals surface area contributed by atoms with Crippen molar-refractivity contribution < 1.29 is 13.7 Å². The highest BCUT2D eigenvalue weighted by Crippen LogP contribution is 2.37. The molecule has 6 heteroatoms. The molecular formula is C14H17BClNO3. The van der Waals surface area contributed by atoms with Gasteiger partial charge in [0.25, 0.3) is 0 Å². The molecular weight excluding hydrogens is 276 g/mol. The van der Waals surface area contributed by atoms with E-state index >= 15 is 0 Å². The van der Waals surface area contributed by atoms with Crippen LogP contribution in [0.5, 0.6) is 0 Å². The average molecular weight is 294 g/mol. The number of hydrogen-bond acceptors (Lipinski definition) is 4. The van der Waals surface area contributed by atoms with Crippen molar-refractivity contribution >= 4 is 35.3 Å². The molecule has 2 heterocycles. The fraction of sp³-hybridized carbons (Fsp3) is 0.500. The van der Waals surface area contributed by atoms with Gasteiger partial charge in [-0.2, -0.15) is 0 Å². The maximum Gasteiger partial charge on any atom is 0.496 e. The molecule has 4 nitrogen and oxygen atoms in total. The van der Waals surface area contributed by atoms with Gasteiger partial charge < -0.3 is 13.7 Å². The van der Waals surface area contributed by atoms with Gasteiger partial charge >= 0.3 is 7.12 Å². The van der Waals surface area contributed by atoms with Crippen LogP contribution in [0.1, 0.15) is 33.6 Å². The van der Waals surface area contributed by atoms with Crippen molar-refractivity contribution in [3.05, 3.63) is 23.0 Å². The summed E-state index contributed by atoms with van der Waals surface area (Å²) >= 11 is 6.43. The van der Waals surface area contributed by atoms with Gasteiger partial charge in [-0.3, -0.25) is 0 Å². The second-order valence-corrected chi connectivity index (χ2v) is 6.52. The highest BCUT2D eigenvalue weighted by molar-refractivity contribution is 6.66. The first-order valence-electron chi connectivity index (χ1n) is 6.62. The summed E-state index contributed by atoms with van der Waals surface area (Å²) in [5.41, 5.74) is 1.30. The van der Waals surface area contributed by atoms with Crippen molar-refractivity contribution in [2.45, 2.75) is 45.8 Å². The summed E-state index contributed by atoms with van der Waals surface area (Å²) in [7, 11) is -0.498. The molecule has 3 rings (SSSR count). The molecule has 1 aliphatic heterocycles. The van der Waals surface area contributed by atoms with Crippen LogP contribution in [-0.2, 0) is 9.31 Å². The minimum Gasteiger partial charge on any atom is -0.439 e. The fourth-order valence-electron chi connectivity index (χ4n) is 2.24. The van der Waals surface area contributed by atoms with E-state index in [0.717, 1.165) is 11.0 Å². The molecule has 0 spiro atoms. The number of nitrogens with zero attached hydrogens (tertiary/aromatic N) is 1. The molecule has 1 aliphatic rings. The van der Waals surface area contributed by atoms with Crippen LogP contribution in [0.25, 0.3) is 11.1 Å². The lowest BCUT2D eigenvalue weighted by Gasteiger charge is -2.32. The van der Waals surface area contributed by atoms with Gasteiger partial charge in [0.05, 0.1) is 16.2 Å². The lowest BCUT2D eigenvalue weighted by Crippen LogP contribution is -2.41. The van der Waals surface area contributed by atoms with Gasteiger partial charge in [-0.05, 0) is 33.8 Å². The Bertz CT molecular complexity index is 664. The first kappa shape index (κ1) is 13.9. The van der Waals surface area contributed by atoms with Crippen molar-refractivity contribution in [1.82, 2.24) is 4.98 Å². The van der Waals surface area contributed by atoms with Crippen molar-refractivity contribution in [1.29, 1.82) is 0 Å². The molecule has 1 fully saturated rings. The topological polar surface area (TPSA) is 44.5 Å². The average Bonchev–Trinajstić information content (AvgIpc) is 2.78. The van der Waals surface area contributed by atoms with Crippen LogP contribution in [0.3, 0.4) is 0 Å². The van der Waals surface area contributed by atoms with Gasteiger partial charge in [-0.1, -0.05) is 17.7 Å². The highest BCUT2D eigenvalue weighted by atomic mass is 35.5. The minimum absolute atomic E-state index is 0.396. The predicted molar refractivity (Wildman–Crippen MR) is 79.5 cm³/mol. The Hall–Kier alpha value is -1.04. The second kappa shape index (κ2) is 4.23. The van der Waals surface area contributed by atoms with E-state index in [4.69, 9.17) is 25.3 Å². The molecule has 20 heavy (non-hydrogen) atoms. The Kier molecular flexibility index (Phi) is 2.94. The largest absolute Gasteiger partial charge is 0.496 e. The highest BCUT2D eigenvalue weighted by Gasteiger charge is 2.52. The van der Waals surface area contributed by atoms with Crippen molar-refractivity contribution in [3.8, 4) is 0 Å². The summed E-state index contributed by atoms with van der Waals surface area (Å²) in [5, 5.41) is 0.501. The summed E-state index contributed by atoms with van der Waals surface area (Å²) < 4.78 is 17.6. The van der Waals surface area contributed by atoms with Crippen molar-refractivity contribution in [2.24, 2.45) is 0 Å². The number of aromatic nitrogens is 1. The first-order chi connectivity index (χ1) is 9.21. The molecule has 1 aromatic heterocycles. The van der Waals surface area contributed by atoms with Crippen LogP contribution >= 0.6 is 11.6 Å². The van der Waals surface area contributed by atoms with Gasteiger partial charge in [-0.15, -0.1) is 0 Å². The van der Waals surface area contributed by atoms with Crippen LogP contribution in [-0.4, -0.2) is 23.3 Å². The van der Waals surface area contributed by atoms with Crippen LogP contribution in [0.4, 0.5) is 0 Å². The number of rotatable bonds is 1. The zero-order chi connectivity index (χ0) is 14.7. The second-order valence-electron chi connectivity index (χ2n) is 6.14. The minimum atomic E-state index is -0.498. The number of halogens is 1. The third-order valence-corrected chi connectivity index (χ3v) is 4.53. The van der Waals surface area contributed by atoms with E-state index in [9.17, 15) is 0 Å². The molecule has 0 atom stereocenters. The quantitative estimate of drug-likeness (QED) is 0.758. The van der Waals surface area contributed by atoms with E-state index in [-0.39, 0.29) is 0 Å². The normalized spacial score (nSPS) is 20.8. The summed E-state index contributed by atoms with van der Waals surface area (Å²) in [6, 6.07) is 3.76. The van der Waals surface area contributed by atoms with Crippen LogP contribution < -0.4 is 5.46 Å². The standard InChI is InChI=1S/C14H17BClNO3/c1-8-17-10-7-6-9(11(16)12(10)18-8)15-19-13(2,3)14(4,5)20-15/h6-7H,1-5H3. The predicted octanol–water partition coefficient (Wildman–Crippen LogP) is 3.09. The molecule has 0 bridgehead atoms. The zero-order valence-electron chi connectivity index (χ0n) is 12.3. The summed E-state index contributed by atoms with van der Waals surface area (Å²) in [6.45, 7) is 9.84. The van der Waals surface area contributed by atoms with Crippen LogP contribution in [0, 0.1) is 6.92 Å². The summed E-state index contributed by atoms with van der Waals surface area (Å²) in [6.07, 6.45) is 0. The van der Waals surface area contributed by atoms with E-state index in [1.54, 1.807) is 6.92 Å². The molecule has 106 valence electrons. The van der Waals surface area contributed by atoms with E-state index in [1.165, 1.54) is 0 Å². The SMILES string of the molecule is Cc1nc2ccc(B3OC(C)(C)C(C)(C)O3)c(Cl)c2o1. The number of hydrogen-bond donors (Lipinski definition) is 0. The molecule has 0 amide bonds. The third kappa shape index (κ3) is 1.96. The monoisotopic (exact) mass is 293 g/mol. The molecule has 1 aromatic carbocycles. The lowest BCUT2D eigenvalue weighted by atomic mass is 9.79. The van der Waals surface area contributed by atoms with E-state index in [2.05, 4.69) is 4.98 Å². The smallest absolute Gasteiger partial charge is 0.439 e. The van der Waals surface area contributed by atoms with E-state index < -0.39 is 18.3 Å².